The van der Waals surface area contributed by atoms with Crippen LogP contribution >= 0.6 is 0 Å². The summed E-state index contributed by atoms with van der Waals surface area (Å²) in [5.74, 6) is -0.944. The first kappa shape index (κ1) is 11.1. The van der Waals surface area contributed by atoms with Crippen molar-refractivity contribution < 1.29 is 15.1 Å². The third kappa shape index (κ3) is 1.69. The lowest BCUT2D eigenvalue weighted by Crippen LogP contribution is -2.45. The van der Waals surface area contributed by atoms with Gasteiger partial charge < -0.3 is 16.0 Å². The lowest BCUT2D eigenvalue weighted by atomic mass is 9.92. The van der Waals surface area contributed by atoms with Gasteiger partial charge in [-0.25, -0.2) is 4.79 Å². The summed E-state index contributed by atoms with van der Waals surface area (Å²) in [6.07, 6.45) is 1.28. The van der Waals surface area contributed by atoms with Crippen molar-refractivity contribution in [3.05, 3.63) is 35.4 Å². The fourth-order valence-electron chi connectivity index (χ4n) is 1.98. The van der Waals surface area contributed by atoms with Gasteiger partial charge in [0, 0.05) is 5.41 Å². The zero-order chi connectivity index (χ0) is 11.8. The molecule has 0 amide bonds. The van der Waals surface area contributed by atoms with Gasteiger partial charge in [-0.3, -0.25) is 0 Å². The summed E-state index contributed by atoms with van der Waals surface area (Å²) < 4.78 is 0. The van der Waals surface area contributed by atoms with Crippen molar-refractivity contribution in [1.29, 1.82) is 0 Å². The lowest BCUT2D eigenvalue weighted by Gasteiger charge is -2.22. The number of carboxylic acid groups (broad SMARTS) is 1. The average molecular weight is 222 g/mol. The molecule has 1 aliphatic carbocycles. The van der Waals surface area contributed by atoms with E-state index in [2.05, 4.69) is 5.48 Å². The van der Waals surface area contributed by atoms with Crippen LogP contribution in [0.15, 0.2) is 24.3 Å². The van der Waals surface area contributed by atoms with Gasteiger partial charge in [0.2, 0.25) is 0 Å². The van der Waals surface area contributed by atoms with Crippen LogP contribution in [0, 0.1) is 0 Å². The molecular weight excluding hydrogens is 208 g/mol. The summed E-state index contributed by atoms with van der Waals surface area (Å²) in [6, 6.07) is 6.63. The maximum Gasteiger partial charge on any atom is 0.335 e. The van der Waals surface area contributed by atoms with Gasteiger partial charge >= 0.3 is 5.97 Å². The van der Waals surface area contributed by atoms with E-state index in [-0.39, 0.29) is 11.0 Å². The van der Waals surface area contributed by atoms with Crippen LogP contribution in [0.5, 0.6) is 0 Å². The third-order valence-electron chi connectivity index (χ3n) is 3.23. The highest BCUT2D eigenvalue weighted by atomic mass is 16.5. The first-order valence-corrected chi connectivity index (χ1v) is 5.09. The van der Waals surface area contributed by atoms with Gasteiger partial charge in [-0.05, 0) is 30.5 Å². The van der Waals surface area contributed by atoms with E-state index in [4.69, 9.17) is 16.0 Å². The van der Waals surface area contributed by atoms with Crippen LogP contribution in [0.3, 0.4) is 0 Å². The molecule has 0 radical (unpaired) electrons. The molecule has 1 aliphatic rings. The summed E-state index contributed by atoms with van der Waals surface area (Å²) in [5.41, 5.74) is 8.81. The molecule has 1 atom stereocenters. The van der Waals surface area contributed by atoms with Crippen molar-refractivity contribution in [3.63, 3.8) is 0 Å². The topological polar surface area (TPSA) is 95.6 Å². The Hall–Kier alpha value is -1.43. The Morgan fingerprint density at radius 3 is 2.31 bits per heavy atom. The zero-order valence-corrected chi connectivity index (χ0v) is 8.68. The molecular formula is C11H14N2O3. The second-order valence-electron chi connectivity index (χ2n) is 4.15. The fraction of sp³-hybridized carbons (Fsp3) is 0.364. The molecule has 16 heavy (non-hydrogen) atoms. The van der Waals surface area contributed by atoms with Crippen molar-refractivity contribution >= 4 is 5.97 Å². The monoisotopic (exact) mass is 222 g/mol. The summed E-state index contributed by atoms with van der Waals surface area (Å²) in [5, 5.41) is 17.6. The number of carbonyl (C=O) groups is 1. The summed E-state index contributed by atoms with van der Waals surface area (Å²) in [6.45, 7) is 0. The quantitative estimate of drug-likeness (QED) is 0.444. The Bertz CT molecular complexity index is 398. The zero-order valence-electron chi connectivity index (χ0n) is 8.68. The van der Waals surface area contributed by atoms with E-state index in [1.165, 1.54) is 0 Å². The molecule has 0 aromatic heterocycles. The maximum atomic E-state index is 10.7. The van der Waals surface area contributed by atoms with E-state index in [0.717, 1.165) is 18.4 Å². The molecule has 1 saturated carbocycles. The smallest absolute Gasteiger partial charge is 0.335 e. The van der Waals surface area contributed by atoms with Gasteiger partial charge in [-0.15, -0.1) is 0 Å². The Labute approximate surface area is 92.8 Å². The molecule has 1 aromatic carbocycles. The lowest BCUT2D eigenvalue weighted by molar-refractivity contribution is 0.0696. The number of benzene rings is 1. The van der Waals surface area contributed by atoms with Gasteiger partial charge in [0.15, 0.2) is 0 Å². The molecule has 0 heterocycles. The highest BCUT2D eigenvalue weighted by Crippen LogP contribution is 2.49. The number of hydrogen-bond acceptors (Lipinski definition) is 4. The van der Waals surface area contributed by atoms with Crippen molar-refractivity contribution in [3.8, 4) is 0 Å². The van der Waals surface area contributed by atoms with Crippen LogP contribution in [0.1, 0.15) is 28.8 Å². The molecule has 5 N–H and O–H groups in total. The molecule has 1 fully saturated rings. The number of rotatable bonds is 4. The van der Waals surface area contributed by atoms with Gasteiger partial charge in [0.1, 0.15) is 0 Å². The number of nitrogens with two attached hydrogens (primary N) is 1. The van der Waals surface area contributed by atoms with Gasteiger partial charge in [-0.1, -0.05) is 12.1 Å². The third-order valence-corrected chi connectivity index (χ3v) is 3.23. The second kappa shape index (κ2) is 3.86. The number of aromatic carboxylic acids is 1. The maximum absolute atomic E-state index is 10.7. The van der Waals surface area contributed by atoms with Crippen molar-refractivity contribution in [2.45, 2.75) is 24.4 Å². The summed E-state index contributed by atoms with van der Waals surface area (Å²) in [4.78, 5) is 10.7. The van der Waals surface area contributed by atoms with Gasteiger partial charge in [0.25, 0.3) is 0 Å². The highest BCUT2D eigenvalue weighted by Gasteiger charge is 2.49. The van der Waals surface area contributed by atoms with Crippen LogP contribution < -0.4 is 11.2 Å². The second-order valence-corrected chi connectivity index (χ2v) is 4.15. The predicted octanol–water partition coefficient (Wildman–Crippen LogP) is 0.680. The average Bonchev–Trinajstić information content (AvgIpc) is 3.09. The van der Waals surface area contributed by atoms with Crippen LogP contribution in [-0.4, -0.2) is 22.4 Å². The highest BCUT2D eigenvalue weighted by molar-refractivity contribution is 5.87. The molecule has 0 aliphatic heterocycles. The van der Waals surface area contributed by atoms with Crippen LogP contribution in [0.4, 0.5) is 0 Å². The van der Waals surface area contributed by atoms with E-state index in [1.807, 2.05) is 0 Å². The molecule has 0 spiro atoms. The Balaban J connectivity index is 2.25. The minimum absolute atomic E-state index is 0.244. The van der Waals surface area contributed by atoms with Crippen LogP contribution in [0.25, 0.3) is 0 Å². The standard InChI is InChI=1S/C11H14N2O3/c12-10(13-16)11(5-6-11)8-3-1-7(2-4-8)9(14)15/h1-4,10,13,16H,5-6,12H2,(H,14,15). The van der Waals surface area contributed by atoms with Gasteiger partial charge in [-0.2, -0.15) is 5.48 Å². The Morgan fingerprint density at radius 1 is 1.38 bits per heavy atom. The molecule has 1 aromatic rings. The fourth-order valence-corrected chi connectivity index (χ4v) is 1.98. The first-order chi connectivity index (χ1) is 7.60. The Morgan fingerprint density at radius 2 is 1.94 bits per heavy atom. The minimum Gasteiger partial charge on any atom is -0.478 e. The van der Waals surface area contributed by atoms with Crippen molar-refractivity contribution in [1.82, 2.24) is 5.48 Å². The van der Waals surface area contributed by atoms with E-state index in [1.54, 1.807) is 24.3 Å². The van der Waals surface area contributed by atoms with Crippen molar-refractivity contribution in [2.24, 2.45) is 5.73 Å². The predicted molar refractivity (Wildman–Crippen MR) is 57.2 cm³/mol. The van der Waals surface area contributed by atoms with Crippen LogP contribution in [0.2, 0.25) is 0 Å². The molecule has 0 saturated heterocycles. The number of hydroxylamine groups is 1. The number of nitrogens with one attached hydrogen (secondary N) is 1. The molecule has 0 bridgehead atoms. The van der Waals surface area contributed by atoms with Crippen LogP contribution in [-0.2, 0) is 5.41 Å². The first-order valence-electron chi connectivity index (χ1n) is 5.09. The molecule has 1 unspecified atom stereocenters. The van der Waals surface area contributed by atoms with E-state index >= 15 is 0 Å². The molecule has 86 valence electrons. The minimum atomic E-state index is -0.944. The molecule has 2 rings (SSSR count). The van der Waals surface area contributed by atoms with Gasteiger partial charge in [0.05, 0.1) is 11.7 Å². The SMILES string of the molecule is NC(NO)C1(c2ccc(C(=O)O)cc2)CC1. The van der Waals surface area contributed by atoms with E-state index < -0.39 is 12.1 Å². The molecule has 5 nitrogen and oxygen atoms in total. The summed E-state index contributed by atoms with van der Waals surface area (Å²) in [7, 11) is 0. The van der Waals surface area contributed by atoms with Crippen molar-refractivity contribution in [2.75, 3.05) is 0 Å². The largest absolute Gasteiger partial charge is 0.478 e. The molecule has 5 heteroatoms. The summed E-state index contributed by atoms with van der Waals surface area (Å²) >= 11 is 0. The number of hydrogen-bond donors (Lipinski definition) is 4. The Kier molecular flexibility index (Phi) is 2.67. The van der Waals surface area contributed by atoms with E-state index in [0.29, 0.717) is 0 Å². The normalized spacial score (nSPS) is 19.1. The number of carboxylic acids is 1. The van der Waals surface area contributed by atoms with E-state index in [9.17, 15) is 4.79 Å².